The van der Waals surface area contributed by atoms with Crippen molar-refractivity contribution in [2.45, 2.75) is 18.9 Å². The predicted octanol–water partition coefficient (Wildman–Crippen LogP) is 2.64. The summed E-state index contributed by atoms with van der Waals surface area (Å²) in [5, 5.41) is 17.7. The quantitative estimate of drug-likeness (QED) is 0.457. The highest BCUT2D eigenvalue weighted by molar-refractivity contribution is 5.73. The van der Waals surface area contributed by atoms with Gasteiger partial charge in [0, 0.05) is 30.9 Å². The number of aliphatic hydroxyl groups excluding tert-OH is 1. The number of ether oxygens (including phenoxy) is 2. The minimum absolute atomic E-state index is 0.0399. The van der Waals surface area contributed by atoms with Gasteiger partial charge in [0.25, 0.3) is 0 Å². The van der Waals surface area contributed by atoms with Gasteiger partial charge in [-0.3, -0.25) is 0 Å². The van der Waals surface area contributed by atoms with Crippen LogP contribution in [0, 0.1) is 0 Å². The first-order valence-corrected chi connectivity index (χ1v) is 10.5. The number of aromatic nitrogens is 5. The van der Waals surface area contributed by atoms with Gasteiger partial charge < -0.3 is 29.4 Å². The number of nitrogens with zero attached hydrogens (tertiary/aromatic N) is 6. The van der Waals surface area contributed by atoms with Crippen LogP contribution in [-0.2, 0) is 0 Å². The standard InChI is InChI=1S/C22H25N7O3/c1-31-17-9-16(10-18(11-17)32-2)27-12-20(23-14-27)24-21-19-6-4-8-29(19)26-22(25-21)28-7-3-5-15(28)13-30/h4,6,8-12,14-15,30H,3,5,7,13H2,1-2H3,(H,24,25,26)/t15-/m0/s1. The number of hydrogen-bond donors (Lipinski definition) is 2. The lowest BCUT2D eigenvalue weighted by Gasteiger charge is -2.23. The van der Waals surface area contributed by atoms with Crippen LogP contribution in [0.2, 0.25) is 0 Å². The zero-order valence-corrected chi connectivity index (χ0v) is 18.0. The van der Waals surface area contributed by atoms with E-state index in [0.717, 1.165) is 30.6 Å². The number of methoxy groups -OCH3 is 2. The molecule has 1 aromatic carbocycles. The number of anilines is 3. The Bertz CT molecular complexity index is 1210. The Morgan fingerprint density at radius 3 is 2.75 bits per heavy atom. The van der Waals surface area contributed by atoms with Crippen molar-refractivity contribution in [3.63, 3.8) is 0 Å². The fourth-order valence-electron chi connectivity index (χ4n) is 4.02. The van der Waals surface area contributed by atoms with Crippen LogP contribution in [0.5, 0.6) is 11.5 Å². The Morgan fingerprint density at radius 2 is 2.00 bits per heavy atom. The van der Waals surface area contributed by atoms with Gasteiger partial charge in [0.05, 0.1) is 38.8 Å². The largest absolute Gasteiger partial charge is 0.497 e. The van der Waals surface area contributed by atoms with E-state index in [9.17, 15) is 5.11 Å². The van der Waals surface area contributed by atoms with Crippen molar-refractivity contribution in [2.24, 2.45) is 0 Å². The monoisotopic (exact) mass is 435 g/mol. The molecule has 3 aromatic heterocycles. The molecule has 0 unspecified atom stereocenters. The van der Waals surface area contributed by atoms with Crippen LogP contribution in [0.15, 0.2) is 49.1 Å². The minimum Gasteiger partial charge on any atom is -0.497 e. The molecule has 5 rings (SSSR count). The molecule has 0 amide bonds. The Kier molecular flexibility index (Phi) is 5.28. The number of imidazole rings is 1. The summed E-state index contributed by atoms with van der Waals surface area (Å²) in [7, 11) is 3.24. The zero-order chi connectivity index (χ0) is 22.1. The number of fused-ring (bicyclic) bond motifs is 1. The molecule has 0 radical (unpaired) electrons. The normalized spacial score (nSPS) is 16.0. The van der Waals surface area contributed by atoms with Gasteiger partial charge in [-0.25, -0.2) is 9.50 Å². The van der Waals surface area contributed by atoms with Crippen molar-refractivity contribution >= 4 is 23.1 Å². The second-order valence-electron chi connectivity index (χ2n) is 7.63. The van der Waals surface area contributed by atoms with Gasteiger partial charge in [-0.1, -0.05) is 0 Å². The molecule has 4 heterocycles. The summed E-state index contributed by atoms with van der Waals surface area (Å²) < 4.78 is 14.4. The van der Waals surface area contributed by atoms with E-state index in [0.29, 0.717) is 29.1 Å². The molecular formula is C22H25N7O3. The van der Waals surface area contributed by atoms with Crippen molar-refractivity contribution in [3.8, 4) is 17.2 Å². The molecule has 1 aliphatic heterocycles. The van der Waals surface area contributed by atoms with Crippen LogP contribution < -0.4 is 19.7 Å². The lowest BCUT2D eigenvalue weighted by molar-refractivity contribution is 0.265. The Balaban J connectivity index is 1.47. The molecule has 1 saturated heterocycles. The summed E-state index contributed by atoms with van der Waals surface area (Å²) in [5.74, 6) is 3.27. The van der Waals surface area contributed by atoms with Gasteiger partial charge in [-0.15, -0.1) is 5.10 Å². The SMILES string of the molecule is COc1cc(OC)cc(-n2cnc(Nc3nc(N4CCC[C@H]4CO)nn4cccc34)c2)c1. The predicted molar refractivity (Wildman–Crippen MR) is 120 cm³/mol. The Hall–Kier alpha value is -3.79. The van der Waals surface area contributed by atoms with E-state index in [1.165, 1.54) is 0 Å². The molecule has 1 fully saturated rings. The van der Waals surface area contributed by atoms with E-state index in [-0.39, 0.29) is 12.6 Å². The van der Waals surface area contributed by atoms with Crippen LogP contribution in [0.4, 0.5) is 17.6 Å². The third-order valence-corrected chi connectivity index (χ3v) is 5.69. The van der Waals surface area contributed by atoms with Crippen molar-refractivity contribution in [2.75, 3.05) is 37.6 Å². The molecule has 0 spiro atoms. The maximum atomic E-state index is 9.71. The smallest absolute Gasteiger partial charge is 0.245 e. The van der Waals surface area contributed by atoms with Crippen molar-refractivity contribution in [1.29, 1.82) is 0 Å². The summed E-state index contributed by atoms with van der Waals surface area (Å²) >= 11 is 0. The molecule has 32 heavy (non-hydrogen) atoms. The summed E-state index contributed by atoms with van der Waals surface area (Å²) in [4.78, 5) is 11.3. The second-order valence-corrected chi connectivity index (χ2v) is 7.63. The molecule has 0 aliphatic carbocycles. The van der Waals surface area contributed by atoms with Crippen molar-refractivity contribution in [1.82, 2.24) is 24.1 Å². The number of rotatable bonds is 7. The average Bonchev–Trinajstić information content (AvgIpc) is 3.58. The highest BCUT2D eigenvalue weighted by atomic mass is 16.5. The van der Waals surface area contributed by atoms with Crippen LogP contribution in [0.25, 0.3) is 11.2 Å². The molecule has 2 N–H and O–H groups in total. The van der Waals surface area contributed by atoms with Gasteiger partial charge in [0.2, 0.25) is 5.95 Å². The first-order chi connectivity index (χ1) is 15.7. The van der Waals surface area contributed by atoms with E-state index in [1.54, 1.807) is 25.1 Å². The van der Waals surface area contributed by atoms with Gasteiger partial charge in [-0.2, -0.15) is 4.98 Å². The molecule has 4 aromatic rings. The first-order valence-electron chi connectivity index (χ1n) is 10.5. The molecule has 166 valence electrons. The molecule has 0 bridgehead atoms. The average molecular weight is 435 g/mol. The fraction of sp³-hybridized carbons (Fsp3) is 0.318. The molecule has 1 atom stereocenters. The Labute approximate surface area is 185 Å². The lowest BCUT2D eigenvalue weighted by atomic mass is 10.2. The maximum absolute atomic E-state index is 9.71. The fourth-order valence-corrected chi connectivity index (χ4v) is 4.02. The molecule has 10 nitrogen and oxygen atoms in total. The van der Waals surface area contributed by atoms with Gasteiger partial charge in [0.15, 0.2) is 5.82 Å². The molecule has 1 aliphatic rings. The third kappa shape index (κ3) is 3.69. The van der Waals surface area contributed by atoms with Crippen LogP contribution >= 0.6 is 0 Å². The lowest BCUT2D eigenvalue weighted by Crippen LogP contribution is -2.34. The molecular weight excluding hydrogens is 410 g/mol. The summed E-state index contributed by atoms with van der Waals surface area (Å²) in [6, 6.07) is 9.55. The van der Waals surface area contributed by atoms with E-state index >= 15 is 0 Å². The highest BCUT2D eigenvalue weighted by Gasteiger charge is 2.27. The third-order valence-electron chi connectivity index (χ3n) is 5.69. The van der Waals surface area contributed by atoms with Crippen LogP contribution in [-0.4, -0.2) is 62.7 Å². The summed E-state index contributed by atoms with van der Waals surface area (Å²) in [6.07, 6.45) is 7.42. The van der Waals surface area contributed by atoms with E-state index in [1.807, 2.05) is 47.3 Å². The van der Waals surface area contributed by atoms with Crippen LogP contribution in [0.1, 0.15) is 12.8 Å². The number of nitrogens with one attached hydrogen (secondary N) is 1. The zero-order valence-electron chi connectivity index (χ0n) is 18.0. The van der Waals surface area contributed by atoms with Crippen LogP contribution in [0.3, 0.4) is 0 Å². The van der Waals surface area contributed by atoms with E-state index in [2.05, 4.69) is 20.3 Å². The number of aliphatic hydroxyl groups is 1. The first kappa shape index (κ1) is 20.1. The van der Waals surface area contributed by atoms with Crippen molar-refractivity contribution < 1.29 is 14.6 Å². The van der Waals surface area contributed by atoms with Gasteiger partial charge in [-0.05, 0) is 25.0 Å². The topological polar surface area (TPSA) is 102 Å². The summed E-state index contributed by atoms with van der Waals surface area (Å²) in [5.41, 5.74) is 1.70. The second kappa shape index (κ2) is 8.39. The Morgan fingerprint density at radius 1 is 1.19 bits per heavy atom. The molecule has 0 saturated carbocycles. The van der Waals surface area contributed by atoms with Gasteiger partial charge in [0.1, 0.15) is 29.2 Å². The molecule has 10 heteroatoms. The minimum atomic E-state index is 0.0399. The van der Waals surface area contributed by atoms with E-state index in [4.69, 9.17) is 14.5 Å². The van der Waals surface area contributed by atoms with E-state index < -0.39 is 0 Å². The van der Waals surface area contributed by atoms with Crippen molar-refractivity contribution in [3.05, 3.63) is 49.1 Å². The highest BCUT2D eigenvalue weighted by Crippen LogP contribution is 2.28. The summed E-state index contributed by atoms with van der Waals surface area (Å²) in [6.45, 7) is 0.911. The number of hydrogen-bond acceptors (Lipinski definition) is 8. The maximum Gasteiger partial charge on any atom is 0.245 e. The number of benzene rings is 1. The van der Waals surface area contributed by atoms with Gasteiger partial charge >= 0.3 is 0 Å².